The topological polar surface area (TPSA) is 83.9 Å². The molecule has 0 bridgehead atoms. The highest BCUT2D eigenvalue weighted by Crippen LogP contribution is 2.45. The second-order valence-electron chi connectivity index (χ2n) is 9.60. The van der Waals surface area contributed by atoms with Gasteiger partial charge in [0.1, 0.15) is 5.75 Å². The predicted molar refractivity (Wildman–Crippen MR) is 113 cm³/mol. The maximum absolute atomic E-state index is 13.2. The molecule has 1 unspecified atom stereocenters. The molecular weight excluding hydrogens is 439 g/mol. The number of rotatable bonds is 6. The molecule has 33 heavy (non-hydrogen) atoms. The predicted octanol–water partition coefficient (Wildman–Crippen LogP) is 2.94. The number of halogens is 3. The molecule has 0 radical (unpaired) electrons. The Morgan fingerprint density at radius 3 is 2.82 bits per heavy atom. The van der Waals surface area contributed by atoms with Crippen LogP contribution in [0, 0.1) is 5.41 Å². The van der Waals surface area contributed by atoms with Gasteiger partial charge in [0.05, 0.1) is 12.3 Å². The van der Waals surface area contributed by atoms with E-state index < -0.39 is 17.9 Å². The van der Waals surface area contributed by atoms with E-state index in [0.717, 1.165) is 51.5 Å². The number of amides is 1. The monoisotopic (exact) mass is 471 g/mol. The number of pyridine rings is 1. The molecule has 7 nitrogen and oxygen atoms in total. The summed E-state index contributed by atoms with van der Waals surface area (Å²) < 4.78 is 47.1. The number of ether oxygens (including phenoxy) is 2. The minimum absolute atomic E-state index is 0.0876. The summed E-state index contributed by atoms with van der Waals surface area (Å²) in [7, 11) is 0. The van der Waals surface area contributed by atoms with Gasteiger partial charge in [0, 0.05) is 62.3 Å². The fourth-order valence-corrected chi connectivity index (χ4v) is 5.40. The Balaban J connectivity index is 1.39. The van der Waals surface area contributed by atoms with Gasteiger partial charge in [-0.2, -0.15) is 0 Å². The Kier molecular flexibility index (Phi) is 7.16. The van der Waals surface area contributed by atoms with Crippen molar-refractivity contribution in [2.24, 2.45) is 5.41 Å². The van der Waals surface area contributed by atoms with Crippen LogP contribution in [0.4, 0.5) is 13.2 Å². The van der Waals surface area contributed by atoms with Crippen LogP contribution in [0.1, 0.15) is 56.7 Å². The molecule has 4 rings (SSSR count). The summed E-state index contributed by atoms with van der Waals surface area (Å²) in [5.41, 5.74) is 0.744. The largest absolute Gasteiger partial charge is 0.573 e. The van der Waals surface area contributed by atoms with E-state index in [1.165, 1.54) is 6.07 Å². The minimum Gasteiger partial charge on any atom is -0.404 e. The van der Waals surface area contributed by atoms with Crippen LogP contribution in [0.5, 0.6) is 5.75 Å². The number of hydrogen-bond acceptors (Lipinski definition) is 6. The molecule has 0 aromatic carbocycles. The van der Waals surface area contributed by atoms with Crippen LogP contribution < -0.4 is 10.1 Å². The van der Waals surface area contributed by atoms with E-state index in [1.807, 2.05) is 0 Å². The number of aromatic nitrogens is 1. The van der Waals surface area contributed by atoms with Crippen LogP contribution in [-0.2, 0) is 22.5 Å². The highest BCUT2D eigenvalue weighted by Gasteiger charge is 2.45. The molecule has 10 heteroatoms. The molecule has 1 saturated carbocycles. The summed E-state index contributed by atoms with van der Waals surface area (Å²) in [4.78, 5) is 19.0. The van der Waals surface area contributed by atoms with E-state index in [9.17, 15) is 23.1 Å². The number of nitrogens with one attached hydrogen (secondary N) is 1. The van der Waals surface area contributed by atoms with E-state index in [4.69, 9.17) is 4.74 Å². The van der Waals surface area contributed by atoms with Crippen LogP contribution in [0.3, 0.4) is 0 Å². The van der Waals surface area contributed by atoms with Gasteiger partial charge < -0.3 is 24.8 Å². The zero-order chi connectivity index (χ0) is 23.6. The van der Waals surface area contributed by atoms with Gasteiger partial charge in [0.15, 0.2) is 0 Å². The van der Waals surface area contributed by atoms with Crippen molar-refractivity contribution in [2.45, 2.75) is 83.0 Å². The van der Waals surface area contributed by atoms with Gasteiger partial charge >= 0.3 is 6.36 Å². The highest BCUT2D eigenvalue weighted by atomic mass is 19.4. The number of fused-ring (bicyclic) bond motifs is 1. The van der Waals surface area contributed by atoms with Gasteiger partial charge in [-0.05, 0) is 50.7 Å². The maximum atomic E-state index is 13.2. The molecule has 1 aromatic heterocycles. The molecule has 184 valence electrons. The molecule has 2 N–H and O–H groups in total. The van der Waals surface area contributed by atoms with E-state index in [2.05, 4.69) is 15.0 Å². The second-order valence-corrected chi connectivity index (χ2v) is 9.60. The number of aliphatic hydroxyl groups excluding tert-OH is 1. The lowest BCUT2D eigenvalue weighted by atomic mass is 9.77. The lowest BCUT2D eigenvalue weighted by Crippen LogP contribution is -2.44. The molecule has 1 aromatic rings. The van der Waals surface area contributed by atoms with Gasteiger partial charge in [-0.25, -0.2) is 0 Å². The Hall–Kier alpha value is -1.91. The Bertz CT molecular complexity index is 845. The lowest BCUT2D eigenvalue weighted by molar-refractivity contribution is -0.274. The van der Waals surface area contributed by atoms with Crippen LogP contribution in [0.25, 0.3) is 0 Å². The average Bonchev–Trinajstić information content (AvgIpc) is 3.16. The molecular formula is C23H32F3N3O4. The first kappa shape index (κ1) is 24.2. The zero-order valence-electron chi connectivity index (χ0n) is 18.9. The fraction of sp³-hybridized carbons (Fsp3) is 0.739. The molecule has 1 aliphatic carbocycles. The van der Waals surface area contributed by atoms with E-state index in [-0.39, 0.29) is 30.7 Å². The summed E-state index contributed by atoms with van der Waals surface area (Å²) in [6.45, 7) is 3.91. The first-order valence-corrected chi connectivity index (χ1v) is 11.7. The summed E-state index contributed by atoms with van der Waals surface area (Å²) in [6, 6.07) is 1.97. The molecule has 0 spiro atoms. The first-order valence-electron chi connectivity index (χ1n) is 11.7. The van der Waals surface area contributed by atoms with Crippen molar-refractivity contribution in [1.29, 1.82) is 0 Å². The van der Waals surface area contributed by atoms with Crippen molar-refractivity contribution < 1.29 is 32.5 Å². The third-order valence-electron chi connectivity index (χ3n) is 7.33. The number of aliphatic hydroxyl groups is 1. The van der Waals surface area contributed by atoms with Crippen LogP contribution in [-0.4, -0.2) is 65.2 Å². The zero-order valence-corrected chi connectivity index (χ0v) is 18.9. The van der Waals surface area contributed by atoms with Gasteiger partial charge in [-0.15, -0.1) is 13.2 Å². The van der Waals surface area contributed by atoms with E-state index in [0.29, 0.717) is 30.3 Å². The Morgan fingerprint density at radius 2 is 2.12 bits per heavy atom. The standard InChI is InChI=1S/C23H32F3N3O4/c1-15(30)22(6-2-18(11-22)28-17-4-8-32-9-5-17)12-21(31)29-7-3-20-16(14-29)10-19(13-27-20)33-23(24,25)26/h10,13,15,17-18,28,30H,2-9,11-12,14H2,1H3/t15?,18-,22-/m1/s1. The number of hydrogen-bond donors (Lipinski definition) is 2. The quantitative estimate of drug-likeness (QED) is 0.664. The van der Waals surface area contributed by atoms with Crippen molar-refractivity contribution in [3.8, 4) is 5.75 Å². The minimum atomic E-state index is -4.79. The Morgan fingerprint density at radius 1 is 1.36 bits per heavy atom. The smallest absolute Gasteiger partial charge is 0.404 e. The van der Waals surface area contributed by atoms with Gasteiger partial charge in [-0.1, -0.05) is 0 Å². The third kappa shape index (κ3) is 5.96. The van der Waals surface area contributed by atoms with Crippen LogP contribution in [0.15, 0.2) is 12.3 Å². The number of carbonyl (C=O) groups is 1. The molecule has 3 aliphatic rings. The van der Waals surface area contributed by atoms with Gasteiger partial charge in [0.25, 0.3) is 0 Å². The Labute approximate surface area is 191 Å². The third-order valence-corrected chi connectivity index (χ3v) is 7.33. The second kappa shape index (κ2) is 9.76. The fourth-order valence-electron chi connectivity index (χ4n) is 5.40. The molecule has 2 fully saturated rings. The molecule has 1 saturated heterocycles. The molecule has 2 aliphatic heterocycles. The van der Waals surface area contributed by atoms with E-state index in [1.54, 1.807) is 11.8 Å². The van der Waals surface area contributed by atoms with Crippen molar-refractivity contribution in [3.05, 3.63) is 23.5 Å². The molecule has 1 amide bonds. The molecule has 3 heterocycles. The SMILES string of the molecule is CC(O)[C@]1(CC(=O)N2CCc3ncc(OC(F)(F)F)cc3C2)CC[C@@H](NC2CCOCC2)C1. The van der Waals surface area contributed by atoms with Crippen molar-refractivity contribution in [2.75, 3.05) is 19.8 Å². The van der Waals surface area contributed by atoms with Crippen LogP contribution >= 0.6 is 0 Å². The summed E-state index contributed by atoms with van der Waals surface area (Å²) >= 11 is 0. The van der Waals surface area contributed by atoms with E-state index >= 15 is 0 Å². The summed E-state index contributed by atoms with van der Waals surface area (Å²) in [6.07, 6.45) is 0.667. The number of carbonyl (C=O) groups excluding carboxylic acids is 1. The van der Waals surface area contributed by atoms with Gasteiger partial charge in [0.2, 0.25) is 5.91 Å². The summed E-state index contributed by atoms with van der Waals surface area (Å²) in [5.74, 6) is -0.468. The van der Waals surface area contributed by atoms with Crippen molar-refractivity contribution in [1.82, 2.24) is 15.2 Å². The summed E-state index contributed by atoms with van der Waals surface area (Å²) in [5, 5.41) is 14.3. The number of nitrogens with zero attached hydrogens (tertiary/aromatic N) is 2. The average molecular weight is 472 g/mol. The van der Waals surface area contributed by atoms with Crippen molar-refractivity contribution in [3.63, 3.8) is 0 Å². The maximum Gasteiger partial charge on any atom is 0.573 e. The van der Waals surface area contributed by atoms with Crippen molar-refractivity contribution >= 4 is 5.91 Å². The highest BCUT2D eigenvalue weighted by molar-refractivity contribution is 5.77. The first-order chi connectivity index (χ1) is 15.6. The van der Waals surface area contributed by atoms with Crippen LogP contribution in [0.2, 0.25) is 0 Å². The lowest BCUT2D eigenvalue weighted by Gasteiger charge is -2.36. The van der Waals surface area contributed by atoms with Gasteiger partial charge in [-0.3, -0.25) is 9.78 Å². The molecule has 3 atom stereocenters. The number of alkyl halides is 3. The normalized spacial score (nSPS) is 27.3.